The summed E-state index contributed by atoms with van der Waals surface area (Å²) in [6.07, 6.45) is 5.17. The molecule has 0 aliphatic carbocycles. The number of aromatic nitrogens is 2. The minimum absolute atomic E-state index is 0.599. The molecule has 31 heavy (non-hydrogen) atoms. The molecule has 1 aliphatic rings. The van der Waals surface area contributed by atoms with Crippen molar-refractivity contribution in [1.82, 2.24) is 14.9 Å². The zero-order chi connectivity index (χ0) is 21.4. The fraction of sp³-hybridized carbons (Fsp3) is 0.231. The van der Waals surface area contributed by atoms with Gasteiger partial charge in [-0.15, -0.1) is 0 Å². The number of hydrogen-bond donors (Lipinski definition) is 1. The number of aryl methyl sites for hydroxylation is 1. The predicted molar refractivity (Wildman–Crippen MR) is 126 cm³/mol. The minimum Gasteiger partial charge on any atom is -0.344 e. The van der Waals surface area contributed by atoms with Gasteiger partial charge >= 0.3 is 0 Å². The highest BCUT2D eigenvalue weighted by molar-refractivity contribution is 6.37. The van der Waals surface area contributed by atoms with E-state index in [1.54, 1.807) is 0 Å². The Balaban J connectivity index is 1.73. The van der Waals surface area contributed by atoms with Crippen molar-refractivity contribution in [3.63, 3.8) is 0 Å². The smallest absolute Gasteiger partial charge is 0.0991 e. The van der Waals surface area contributed by atoms with Crippen LogP contribution in [0.3, 0.4) is 0 Å². The Morgan fingerprint density at radius 2 is 1.87 bits per heavy atom. The molecule has 0 radical (unpaired) electrons. The first kappa shape index (κ1) is 19.8. The van der Waals surface area contributed by atoms with Gasteiger partial charge in [0.05, 0.1) is 34.1 Å². The van der Waals surface area contributed by atoms with Crippen molar-refractivity contribution < 1.29 is 0 Å². The van der Waals surface area contributed by atoms with Crippen molar-refractivity contribution in [1.29, 1.82) is 5.26 Å². The molecule has 1 fully saturated rings. The number of pyridine rings is 1. The van der Waals surface area contributed by atoms with Crippen LogP contribution in [0.5, 0.6) is 0 Å². The molecule has 154 valence electrons. The molecule has 5 rings (SSSR count). The largest absolute Gasteiger partial charge is 0.344 e. The zero-order valence-corrected chi connectivity index (χ0v) is 18.2. The predicted octanol–water partition coefficient (Wildman–Crippen LogP) is 5.81. The van der Waals surface area contributed by atoms with Gasteiger partial charge < -0.3 is 9.88 Å². The number of nitrogens with one attached hydrogen (secondary N) is 1. The van der Waals surface area contributed by atoms with E-state index in [1.165, 1.54) is 12.0 Å². The highest BCUT2D eigenvalue weighted by atomic mass is 35.5. The number of benzene rings is 2. The first-order chi connectivity index (χ1) is 15.1. The van der Waals surface area contributed by atoms with E-state index < -0.39 is 0 Å². The lowest BCUT2D eigenvalue weighted by molar-refractivity contribution is 0.491. The Morgan fingerprint density at radius 1 is 1.13 bits per heavy atom. The van der Waals surface area contributed by atoms with Crippen LogP contribution in [0, 0.1) is 24.2 Å². The maximum absolute atomic E-state index is 9.22. The number of halogens is 1. The fourth-order valence-electron chi connectivity index (χ4n) is 4.45. The van der Waals surface area contributed by atoms with Crippen LogP contribution in [0.1, 0.15) is 17.5 Å². The monoisotopic (exact) mass is 426 g/mol. The molecule has 0 saturated carbocycles. The van der Waals surface area contributed by atoms with Crippen LogP contribution in [-0.4, -0.2) is 22.6 Å². The molecule has 0 amide bonds. The fourth-order valence-corrected chi connectivity index (χ4v) is 4.76. The molecular weight excluding hydrogens is 404 g/mol. The molecule has 1 atom stereocenters. The molecule has 1 aliphatic heterocycles. The SMILES string of the molecule is Cc1ccc(-c2ncc3c(c(Cl)cn3C[C@@H]3CCNC3)c2-c2ccc(C#N)cc2)cc1. The summed E-state index contributed by atoms with van der Waals surface area (Å²) >= 11 is 6.84. The Kier molecular flexibility index (Phi) is 5.23. The van der Waals surface area contributed by atoms with E-state index in [4.69, 9.17) is 16.6 Å². The van der Waals surface area contributed by atoms with E-state index in [0.29, 0.717) is 11.5 Å². The first-order valence-electron chi connectivity index (χ1n) is 10.6. The molecule has 5 heteroatoms. The number of fused-ring (bicyclic) bond motifs is 1. The number of nitriles is 1. The summed E-state index contributed by atoms with van der Waals surface area (Å²) in [5.74, 6) is 0.599. The quantitative estimate of drug-likeness (QED) is 0.447. The Hall–Kier alpha value is -3.13. The third kappa shape index (κ3) is 3.72. The maximum Gasteiger partial charge on any atom is 0.0991 e. The summed E-state index contributed by atoms with van der Waals surface area (Å²) in [7, 11) is 0. The van der Waals surface area contributed by atoms with Crippen molar-refractivity contribution in [2.75, 3.05) is 13.1 Å². The van der Waals surface area contributed by atoms with Crippen LogP contribution >= 0.6 is 11.6 Å². The van der Waals surface area contributed by atoms with E-state index in [9.17, 15) is 5.26 Å². The number of rotatable bonds is 4. The van der Waals surface area contributed by atoms with Gasteiger partial charge in [0.15, 0.2) is 0 Å². The van der Waals surface area contributed by atoms with Gasteiger partial charge in [-0.2, -0.15) is 5.26 Å². The molecule has 4 aromatic rings. The van der Waals surface area contributed by atoms with E-state index in [2.05, 4.69) is 47.1 Å². The average Bonchev–Trinajstić information content (AvgIpc) is 3.42. The molecule has 2 aromatic heterocycles. The Morgan fingerprint density at radius 3 is 2.55 bits per heavy atom. The summed E-state index contributed by atoms with van der Waals surface area (Å²) in [5.41, 5.74) is 6.87. The molecule has 1 N–H and O–H groups in total. The molecule has 0 bridgehead atoms. The molecule has 1 saturated heterocycles. The van der Waals surface area contributed by atoms with Crippen molar-refractivity contribution in [2.24, 2.45) is 5.92 Å². The molecule has 3 heterocycles. The third-order valence-electron chi connectivity index (χ3n) is 6.12. The van der Waals surface area contributed by atoms with E-state index in [1.807, 2.05) is 36.7 Å². The van der Waals surface area contributed by atoms with Crippen LogP contribution in [0.2, 0.25) is 5.02 Å². The molecule has 4 nitrogen and oxygen atoms in total. The van der Waals surface area contributed by atoms with Gasteiger partial charge in [-0.05, 0) is 50.0 Å². The third-order valence-corrected chi connectivity index (χ3v) is 6.41. The average molecular weight is 427 g/mol. The van der Waals surface area contributed by atoms with Crippen molar-refractivity contribution in [3.05, 3.63) is 77.1 Å². The van der Waals surface area contributed by atoms with Crippen molar-refractivity contribution >= 4 is 22.5 Å². The van der Waals surface area contributed by atoms with Gasteiger partial charge in [0, 0.05) is 29.3 Å². The second-order valence-corrected chi connectivity index (χ2v) is 8.69. The first-order valence-corrected chi connectivity index (χ1v) is 11.0. The summed E-state index contributed by atoms with van der Waals surface area (Å²) in [5, 5.41) is 14.4. The normalized spacial score (nSPS) is 16.0. The maximum atomic E-state index is 9.22. The highest BCUT2D eigenvalue weighted by Gasteiger charge is 2.21. The lowest BCUT2D eigenvalue weighted by Gasteiger charge is -2.14. The lowest BCUT2D eigenvalue weighted by atomic mass is 9.95. The van der Waals surface area contributed by atoms with Gasteiger partial charge in [0.25, 0.3) is 0 Å². The van der Waals surface area contributed by atoms with Gasteiger partial charge in [0.1, 0.15) is 0 Å². The molecule has 0 spiro atoms. The summed E-state index contributed by atoms with van der Waals surface area (Å²) in [4.78, 5) is 4.91. The van der Waals surface area contributed by atoms with Crippen LogP contribution in [0.4, 0.5) is 0 Å². The van der Waals surface area contributed by atoms with Crippen LogP contribution < -0.4 is 5.32 Å². The van der Waals surface area contributed by atoms with Gasteiger partial charge in [-0.25, -0.2) is 0 Å². The second kappa shape index (κ2) is 8.19. The molecule has 0 unspecified atom stereocenters. The van der Waals surface area contributed by atoms with Crippen molar-refractivity contribution in [3.8, 4) is 28.5 Å². The number of nitrogens with zero attached hydrogens (tertiary/aromatic N) is 3. The van der Waals surface area contributed by atoms with Gasteiger partial charge in [0.2, 0.25) is 0 Å². The summed E-state index contributed by atoms with van der Waals surface area (Å²) < 4.78 is 2.24. The zero-order valence-electron chi connectivity index (χ0n) is 17.4. The van der Waals surface area contributed by atoms with Gasteiger partial charge in [-0.3, -0.25) is 4.98 Å². The summed E-state index contributed by atoms with van der Waals surface area (Å²) in [6.45, 7) is 5.12. The number of hydrogen-bond acceptors (Lipinski definition) is 3. The van der Waals surface area contributed by atoms with E-state index >= 15 is 0 Å². The Bertz CT molecular complexity index is 1270. The van der Waals surface area contributed by atoms with Crippen LogP contribution in [0.25, 0.3) is 33.3 Å². The van der Waals surface area contributed by atoms with E-state index in [-0.39, 0.29) is 0 Å². The topological polar surface area (TPSA) is 53.6 Å². The molecule has 2 aromatic carbocycles. The molecular formula is C26H23ClN4. The standard InChI is InChI=1S/C26H23ClN4/c1-17-2-6-21(7-3-17)26-24(20-8-4-18(12-28)5-9-20)25-22(27)16-31(23(25)14-30-26)15-19-10-11-29-13-19/h2-9,14,16,19,29H,10-11,13,15H2,1H3/t19-/m1/s1. The minimum atomic E-state index is 0.599. The van der Waals surface area contributed by atoms with Crippen LogP contribution in [-0.2, 0) is 6.54 Å². The van der Waals surface area contributed by atoms with Gasteiger partial charge in [-0.1, -0.05) is 53.6 Å². The van der Waals surface area contributed by atoms with E-state index in [0.717, 1.165) is 57.9 Å². The lowest BCUT2D eigenvalue weighted by Crippen LogP contribution is -2.14. The highest BCUT2D eigenvalue weighted by Crippen LogP contribution is 2.41. The summed E-state index contributed by atoms with van der Waals surface area (Å²) in [6, 6.07) is 18.3. The second-order valence-electron chi connectivity index (χ2n) is 8.29. The van der Waals surface area contributed by atoms with Crippen molar-refractivity contribution in [2.45, 2.75) is 19.9 Å². The Labute approximate surface area is 187 Å². The van der Waals surface area contributed by atoms with Crippen LogP contribution in [0.15, 0.2) is 60.9 Å².